The first-order valence-electron chi connectivity index (χ1n) is 12.3. The Morgan fingerprint density at radius 1 is 1.23 bits per heavy atom. The van der Waals surface area contributed by atoms with Crippen LogP contribution in [0.15, 0.2) is 23.4 Å². The Labute approximate surface area is 206 Å². The fourth-order valence-electron chi connectivity index (χ4n) is 4.96. The number of nitrogens with zero attached hydrogens (tertiary/aromatic N) is 5. The van der Waals surface area contributed by atoms with Gasteiger partial charge < -0.3 is 20.7 Å². The minimum atomic E-state index is -1.15. The van der Waals surface area contributed by atoms with Crippen LogP contribution < -0.4 is 16.0 Å². The molecule has 2 aliphatic carbocycles. The summed E-state index contributed by atoms with van der Waals surface area (Å²) in [6.07, 6.45) is 11.9. The molecule has 3 N–H and O–H groups in total. The fourth-order valence-corrected chi connectivity index (χ4v) is 6.27. The summed E-state index contributed by atoms with van der Waals surface area (Å²) in [5.41, 5.74) is 7.97. The molecule has 35 heavy (non-hydrogen) atoms. The lowest BCUT2D eigenvalue weighted by atomic mass is 9.77. The standard InChI is InChI=1S/C24H29N7O3S/c25-22(32)34-14-24(7-1-8-24)30-21-19-18(6-11-35(19)33)28-23(29-21)31-9-4-16(5-10-31)20-26-12-17(13-27-20)15-2-3-15/h4,12-13,15H,1-3,5-11,14H2,(H2,25,32)(H,28,29,30)/t35-/m0/s1. The predicted molar refractivity (Wildman–Crippen MR) is 132 cm³/mol. The van der Waals surface area contributed by atoms with Crippen molar-refractivity contribution in [1.82, 2.24) is 19.9 Å². The van der Waals surface area contributed by atoms with Crippen LogP contribution in [0.4, 0.5) is 16.6 Å². The van der Waals surface area contributed by atoms with E-state index in [-0.39, 0.29) is 6.61 Å². The van der Waals surface area contributed by atoms with Gasteiger partial charge in [0.1, 0.15) is 17.3 Å². The van der Waals surface area contributed by atoms with Gasteiger partial charge in [-0.1, -0.05) is 6.08 Å². The van der Waals surface area contributed by atoms with Gasteiger partial charge in [-0.25, -0.2) is 19.7 Å². The number of rotatable bonds is 7. The number of aryl methyl sites for hydroxylation is 1. The number of anilines is 2. The first-order valence-corrected chi connectivity index (χ1v) is 13.6. The molecule has 1 atom stereocenters. The van der Waals surface area contributed by atoms with Gasteiger partial charge in [-0.3, -0.25) is 4.21 Å². The van der Waals surface area contributed by atoms with Gasteiger partial charge in [0.15, 0.2) is 5.82 Å². The highest BCUT2D eigenvalue weighted by molar-refractivity contribution is 7.85. The number of amides is 1. The Morgan fingerprint density at radius 3 is 2.66 bits per heavy atom. The van der Waals surface area contributed by atoms with Gasteiger partial charge in [0.2, 0.25) is 5.95 Å². The Morgan fingerprint density at radius 2 is 2.03 bits per heavy atom. The van der Waals surface area contributed by atoms with Crippen molar-refractivity contribution in [1.29, 1.82) is 0 Å². The number of aromatic nitrogens is 4. The zero-order chi connectivity index (χ0) is 24.0. The van der Waals surface area contributed by atoms with Crippen LogP contribution in [0, 0.1) is 0 Å². The summed E-state index contributed by atoms with van der Waals surface area (Å²) < 4.78 is 17.9. The SMILES string of the molecule is NC(=O)OCC1(Nc2nc(N3CC=C(c4ncc(C5CC5)cn4)CC3)nc3c2[S@@](=O)CC3)CCC1. The van der Waals surface area contributed by atoms with Crippen molar-refractivity contribution in [3.05, 3.63) is 35.6 Å². The molecule has 4 aliphatic rings. The second kappa shape index (κ2) is 8.85. The summed E-state index contributed by atoms with van der Waals surface area (Å²) in [4.78, 5) is 32.8. The number of primary amides is 1. The summed E-state index contributed by atoms with van der Waals surface area (Å²) in [5, 5.41) is 3.47. The number of ether oxygens (including phenoxy) is 1. The van der Waals surface area contributed by atoms with Crippen LogP contribution in [-0.2, 0) is 22.0 Å². The van der Waals surface area contributed by atoms with E-state index in [4.69, 9.17) is 20.4 Å². The molecule has 1 amide bonds. The molecule has 0 saturated heterocycles. The van der Waals surface area contributed by atoms with E-state index in [1.165, 1.54) is 18.4 Å². The minimum absolute atomic E-state index is 0.165. The van der Waals surface area contributed by atoms with Crippen molar-refractivity contribution in [3.8, 4) is 0 Å². The predicted octanol–water partition coefficient (Wildman–Crippen LogP) is 2.53. The summed E-state index contributed by atoms with van der Waals surface area (Å²) >= 11 is 0. The highest BCUT2D eigenvalue weighted by atomic mass is 32.2. The van der Waals surface area contributed by atoms with Gasteiger partial charge in [-0.15, -0.1) is 0 Å². The van der Waals surface area contributed by atoms with Gasteiger partial charge in [0.05, 0.1) is 22.0 Å². The summed E-state index contributed by atoms with van der Waals surface area (Å²) in [6.45, 7) is 1.57. The van der Waals surface area contributed by atoms with Crippen LogP contribution in [-0.4, -0.2) is 61.2 Å². The number of carbonyl (C=O) groups excluding carboxylic acids is 1. The van der Waals surface area contributed by atoms with E-state index in [0.29, 0.717) is 41.3 Å². The van der Waals surface area contributed by atoms with E-state index in [1.54, 1.807) is 0 Å². The van der Waals surface area contributed by atoms with E-state index < -0.39 is 22.4 Å². The molecule has 11 heteroatoms. The van der Waals surface area contributed by atoms with E-state index in [1.807, 2.05) is 12.4 Å². The van der Waals surface area contributed by atoms with E-state index >= 15 is 0 Å². The smallest absolute Gasteiger partial charge is 0.404 e. The third-order valence-electron chi connectivity index (χ3n) is 7.36. The number of hydrogen-bond donors (Lipinski definition) is 2. The number of hydrogen-bond acceptors (Lipinski definition) is 9. The second-order valence-corrected chi connectivity index (χ2v) is 11.4. The molecule has 0 radical (unpaired) electrons. The van der Waals surface area contributed by atoms with Crippen LogP contribution in [0.2, 0.25) is 0 Å². The number of fused-ring (bicyclic) bond motifs is 1. The van der Waals surface area contributed by atoms with Crippen molar-refractivity contribution in [2.75, 3.05) is 35.7 Å². The Bertz CT molecular complexity index is 1210. The maximum Gasteiger partial charge on any atom is 0.404 e. The molecule has 2 aromatic heterocycles. The maximum atomic E-state index is 12.8. The van der Waals surface area contributed by atoms with Gasteiger partial charge in [0.25, 0.3) is 0 Å². The average Bonchev–Trinajstić information content (AvgIpc) is 3.63. The summed E-state index contributed by atoms with van der Waals surface area (Å²) in [7, 11) is -1.15. The van der Waals surface area contributed by atoms with Crippen LogP contribution in [0.25, 0.3) is 5.57 Å². The molecule has 2 aliphatic heterocycles. The van der Waals surface area contributed by atoms with E-state index in [2.05, 4.69) is 26.3 Å². The molecule has 2 saturated carbocycles. The molecule has 0 unspecified atom stereocenters. The van der Waals surface area contributed by atoms with Gasteiger partial charge in [-0.05, 0) is 55.6 Å². The van der Waals surface area contributed by atoms with Gasteiger partial charge in [0, 0.05) is 37.7 Å². The first kappa shape index (κ1) is 22.4. The molecule has 4 heterocycles. The maximum absolute atomic E-state index is 12.8. The molecule has 0 spiro atoms. The molecule has 6 rings (SSSR count). The highest BCUT2D eigenvalue weighted by Gasteiger charge is 2.40. The fraction of sp³-hybridized carbons (Fsp3) is 0.542. The quantitative estimate of drug-likeness (QED) is 0.594. The molecular weight excluding hydrogens is 466 g/mol. The third-order valence-corrected chi connectivity index (χ3v) is 8.82. The average molecular weight is 496 g/mol. The van der Waals surface area contributed by atoms with Crippen molar-refractivity contribution >= 4 is 34.2 Å². The van der Waals surface area contributed by atoms with Crippen molar-refractivity contribution < 1.29 is 13.7 Å². The summed E-state index contributed by atoms with van der Waals surface area (Å²) in [6, 6.07) is 0. The Hall–Kier alpha value is -3.08. The number of nitrogens with one attached hydrogen (secondary N) is 1. The van der Waals surface area contributed by atoms with Gasteiger partial charge in [-0.2, -0.15) is 4.98 Å². The van der Waals surface area contributed by atoms with Crippen molar-refractivity contribution in [2.45, 2.75) is 61.3 Å². The van der Waals surface area contributed by atoms with E-state index in [9.17, 15) is 9.00 Å². The zero-order valence-corrected chi connectivity index (χ0v) is 20.4. The van der Waals surface area contributed by atoms with Crippen molar-refractivity contribution in [3.63, 3.8) is 0 Å². The molecule has 2 aromatic rings. The summed E-state index contributed by atoms with van der Waals surface area (Å²) in [5.74, 6) is 3.20. The van der Waals surface area contributed by atoms with Gasteiger partial charge >= 0.3 is 6.09 Å². The van der Waals surface area contributed by atoms with E-state index in [0.717, 1.165) is 49.3 Å². The van der Waals surface area contributed by atoms with Crippen molar-refractivity contribution in [2.24, 2.45) is 5.73 Å². The number of carbonyl (C=O) groups is 1. The lowest BCUT2D eigenvalue weighted by Crippen LogP contribution is -2.50. The molecule has 0 aromatic carbocycles. The molecular formula is C24H29N7O3S. The second-order valence-electron chi connectivity index (χ2n) is 9.85. The third kappa shape index (κ3) is 4.49. The topological polar surface area (TPSA) is 136 Å². The highest BCUT2D eigenvalue weighted by Crippen LogP contribution is 2.40. The molecule has 0 bridgehead atoms. The largest absolute Gasteiger partial charge is 0.447 e. The zero-order valence-electron chi connectivity index (χ0n) is 19.5. The van der Waals surface area contributed by atoms with Crippen LogP contribution in [0.5, 0.6) is 0 Å². The van der Waals surface area contributed by atoms with Crippen LogP contribution >= 0.6 is 0 Å². The Kier molecular flexibility index (Phi) is 5.66. The first-order chi connectivity index (χ1) is 17.0. The minimum Gasteiger partial charge on any atom is -0.447 e. The lowest BCUT2D eigenvalue weighted by Gasteiger charge is -2.42. The Balaban J connectivity index is 1.22. The molecule has 2 fully saturated rings. The normalized spacial score (nSPS) is 22.7. The van der Waals surface area contributed by atoms with Crippen LogP contribution in [0.3, 0.4) is 0 Å². The monoisotopic (exact) mass is 495 g/mol. The molecule has 10 nitrogen and oxygen atoms in total. The lowest BCUT2D eigenvalue weighted by molar-refractivity contribution is 0.101. The van der Waals surface area contributed by atoms with Crippen LogP contribution in [0.1, 0.15) is 61.5 Å². The number of nitrogens with two attached hydrogens (primary N) is 1. The molecule has 184 valence electrons.